The number of nitrogens with zero attached hydrogens (tertiary/aromatic N) is 3. The molecule has 0 aliphatic heterocycles. The first-order chi connectivity index (χ1) is 8.49. The predicted molar refractivity (Wildman–Crippen MR) is 60.3 cm³/mol. The van der Waals surface area contributed by atoms with Gasteiger partial charge in [-0.2, -0.15) is 5.10 Å². The Morgan fingerprint density at radius 3 is 2.61 bits per heavy atom. The highest BCUT2D eigenvalue weighted by molar-refractivity contribution is 7.92. The summed E-state index contributed by atoms with van der Waals surface area (Å²) in [5.41, 5.74) is 0.258. The van der Waals surface area contributed by atoms with Crippen molar-refractivity contribution in [2.75, 3.05) is 4.72 Å². The van der Waals surface area contributed by atoms with Gasteiger partial charge in [0.1, 0.15) is 4.90 Å². The van der Waals surface area contributed by atoms with Crippen molar-refractivity contribution >= 4 is 21.5 Å². The number of pyridine rings is 1. The molecule has 0 radical (unpaired) electrons. The molecule has 94 valence electrons. The smallest absolute Gasteiger partial charge is 0.358 e. The van der Waals surface area contributed by atoms with Gasteiger partial charge in [0.05, 0.1) is 11.9 Å². The Balaban J connectivity index is 2.27. The van der Waals surface area contributed by atoms with Crippen molar-refractivity contribution in [3.8, 4) is 0 Å². The maximum absolute atomic E-state index is 11.8. The maximum Gasteiger partial charge on any atom is 0.363 e. The number of sulfonamides is 1. The second kappa shape index (κ2) is 4.41. The SMILES string of the molecule is O=[N+]([O-])c1ccc(S(=O)(=O)Nc2cn[nH]c2)cn1. The molecule has 0 aromatic carbocycles. The van der Waals surface area contributed by atoms with Crippen LogP contribution in [0.15, 0.2) is 35.6 Å². The molecule has 2 N–H and O–H groups in total. The average Bonchev–Trinajstić information content (AvgIpc) is 2.81. The van der Waals surface area contributed by atoms with E-state index in [-0.39, 0.29) is 10.6 Å². The van der Waals surface area contributed by atoms with Crippen molar-refractivity contribution in [3.63, 3.8) is 0 Å². The first kappa shape index (κ1) is 12.0. The third kappa shape index (κ3) is 2.43. The zero-order valence-corrected chi connectivity index (χ0v) is 9.59. The Morgan fingerprint density at radius 2 is 2.11 bits per heavy atom. The van der Waals surface area contributed by atoms with Gasteiger partial charge in [0.25, 0.3) is 10.0 Å². The first-order valence-electron chi connectivity index (χ1n) is 4.61. The highest BCUT2D eigenvalue weighted by Crippen LogP contribution is 2.15. The zero-order valence-electron chi connectivity index (χ0n) is 8.77. The molecule has 18 heavy (non-hydrogen) atoms. The Kier molecular flexibility index (Phi) is 2.93. The van der Waals surface area contributed by atoms with E-state index in [4.69, 9.17) is 0 Å². The minimum Gasteiger partial charge on any atom is -0.358 e. The van der Waals surface area contributed by atoms with E-state index in [9.17, 15) is 18.5 Å². The Bertz CT molecular complexity index is 649. The molecule has 0 amide bonds. The van der Waals surface area contributed by atoms with E-state index in [0.717, 1.165) is 18.3 Å². The molecule has 0 bridgehead atoms. The number of hydrogen-bond donors (Lipinski definition) is 2. The van der Waals surface area contributed by atoms with E-state index in [2.05, 4.69) is 19.9 Å². The van der Waals surface area contributed by atoms with Crippen LogP contribution in [0.5, 0.6) is 0 Å². The second-order valence-corrected chi connectivity index (χ2v) is 4.88. The highest BCUT2D eigenvalue weighted by Gasteiger charge is 2.18. The molecule has 0 atom stereocenters. The molecular weight excluding hydrogens is 262 g/mol. The molecule has 2 heterocycles. The predicted octanol–water partition coefficient (Wildman–Crippen LogP) is 0.514. The maximum atomic E-state index is 11.8. The summed E-state index contributed by atoms with van der Waals surface area (Å²) >= 11 is 0. The van der Waals surface area contributed by atoms with Gasteiger partial charge < -0.3 is 10.1 Å². The van der Waals surface area contributed by atoms with Crippen LogP contribution in [0.25, 0.3) is 0 Å². The van der Waals surface area contributed by atoms with Crippen molar-refractivity contribution in [1.82, 2.24) is 15.2 Å². The molecule has 0 aliphatic carbocycles. The van der Waals surface area contributed by atoms with E-state index < -0.39 is 20.8 Å². The minimum atomic E-state index is -3.82. The zero-order chi connectivity index (χ0) is 13.2. The van der Waals surface area contributed by atoms with E-state index in [0.29, 0.717) is 0 Å². The monoisotopic (exact) mass is 269 g/mol. The third-order valence-electron chi connectivity index (χ3n) is 1.97. The molecule has 2 rings (SSSR count). The van der Waals surface area contributed by atoms with E-state index in [1.54, 1.807) is 0 Å². The number of aromatic amines is 1. The number of nitrogens with one attached hydrogen (secondary N) is 2. The lowest BCUT2D eigenvalue weighted by Crippen LogP contribution is -2.12. The summed E-state index contributed by atoms with van der Waals surface area (Å²) in [6.07, 6.45) is 3.56. The number of anilines is 1. The van der Waals surface area contributed by atoms with Crippen LogP contribution in [0, 0.1) is 10.1 Å². The van der Waals surface area contributed by atoms with Crippen molar-refractivity contribution < 1.29 is 13.3 Å². The average molecular weight is 269 g/mol. The molecule has 0 spiro atoms. The lowest BCUT2D eigenvalue weighted by molar-refractivity contribution is -0.389. The summed E-state index contributed by atoms with van der Waals surface area (Å²) < 4.78 is 25.9. The number of rotatable bonds is 4. The fourth-order valence-corrected chi connectivity index (χ4v) is 2.14. The summed E-state index contributed by atoms with van der Waals surface area (Å²) in [7, 11) is -3.82. The van der Waals surface area contributed by atoms with Gasteiger partial charge in [-0.15, -0.1) is 0 Å². The summed E-state index contributed by atoms with van der Waals surface area (Å²) in [4.78, 5) is 12.9. The number of nitro groups is 1. The fraction of sp³-hybridized carbons (Fsp3) is 0. The van der Waals surface area contributed by atoms with Crippen molar-refractivity contribution in [2.45, 2.75) is 4.90 Å². The molecule has 0 fully saturated rings. The molecule has 0 aliphatic rings. The van der Waals surface area contributed by atoms with Crippen LogP contribution in [-0.2, 0) is 10.0 Å². The van der Waals surface area contributed by atoms with Gasteiger partial charge >= 0.3 is 5.82 Å². The van der Waals surface area contributed by atoms with Gasteiger partial charge in [0.15, 0.2) is 6.20 Å². The summed E-state index contributed by atoms with van der Waals surface area (Å²) in [6, 6.07) is 2.12. The van der Waals surface area contributed by atoms with Crippen molar-refractivity contribution in [2.24, 2.45) is 0 Å². The molecule has 10 heteroatoms. The van der Waals surface area contributed by atoms with Crippen molar-refractivity contribution in [1.29, 1.82) is 0 Å². The summed E-state index contributed by atoms with van der Waals surface area (Å²) in [5.74, 6) is -0.419. The first-order valence-corrected chi connectivity index (χ1v) is 6.09. The van der Waals surface area contributed by atoms with Crippen molar-refractivity contribution in [3.05, 3.63) is 40.8 Å². The molecule has 9 nitrogen and oxygen atoms in total. The third-order valence-corrected chi connectivity index (χ3v) is 3.34. The quantitative estimate of drug-likeness (QED) is 0.614. The van der Waals surface area contributed by atoms with Crippen LogP contribution in [0.2, 0.25) is 0 Å². The normalized spacial score (nSPS) is 11.1. The van der Waals surface area contributed by atoms with Gasteiger partial charge in [0, 0.05) is 12.3 Å². The Hall–Kier alpha value is -2.49. The lowest BCUT2D eigenvalue weighted by Gasteiger charge is -2.03. The highest BCUT2D eigenvalue weighted by atomic mass is 32.2. The molecular formula is C8H7N5O4S. The lowest BCUT2D eigenvalue weighted by atomic mass is 10.5. The number of aromatic nitrogens is 3. The molecule has 0 saturated heterocycles. The fourth-order valence-electron chi connectivity index (χ4n) is 1.16. The van der Waals surface area contributed by atoms with Crippen LogP contribution in [0.4, 0.5) is 11.5 Å². The molecule has 2 aromatic heterocycles. The van der Waals surface area contributed by atoms with Gasteiger partial charge in [-0.25, -0.2) is 8.42 Å². The molecule has 2 aromatic rings. The standard InChI is InChI=1S/C8H7N5O4S/c14-13(15)8-2-1-7(5-9-8)18(16,17)12-6-3-10-11-4-6/h1-5,12H,(H,10,11). The summed E-state index contributed by atoms with van der Waals surface area (Å²) in [5, 5.41) is 16.4. The van der Waals surface area contributed by atoms with E-state index in [1.165, 1.54) is 12.4 Å². The van der Waals surface area contributed by atoms with Crippen LogP contribution < -0.4 is 4.72 Å². The Labute approximate surface area is 101 Å². The number of hydrogen-bond acceptors (Lipinski definition) is 6. The second-order valence-electron chi connectivity index (χ2n) is 3.20. The minimum absolute atomic E-state index is 0.172. The van der Waals surface area contributed by atoms with Gasteiger partial charge in [0.2, 0.25) is 0 Å². The topological polar surface area (TPSA) is 131 Å². The van der Waals surface area contributed by atoms with Gasteiger partial charge in [-0.3, -0.25) is 9.82 Å². The summed E-state index contributed by atoms with van der Waals surface area (Å²) in [6.45, 7) is 0. The van der Waals surface area contributed by atoms with Gasteiger partial charge in [-0.05, 0) is 16.0 Å². The van der Waals surface area contributed by atoms with E-state index in [1.807, 2.05) is 0 Å². The van der Waals surface area contributed by atoms with Crippen LogP contribution in [-0.4, -0.2) is 28.5 Å². The van der Waals surface area contributed by atoms with Crippen LogP contribution >= 0.6 is 0 Å². The molecule has 0 unspecified atom stereocenters. The largest absolute Gasteiger partial charge is 0.363 e. The Morgan fingerprint density at radius 1 is 1.33 bits per heavy atom. The van der Waals surface area contributed by atoms with Crippen LogP contribution in [0.1, 0.15) is 0 Å². The number of H-pyrrole nitrogens is 1. The van der Waals surface area contributed by atoms with Crippen LogP contribution in [0.3, 0.4) is 0 Å². The molecule has 0 saturated carbocycles. The van der Waals surface area contributed by atoms with E-state index >= 15 is 0 Å². The van der Waals surface area contributed by atoms with Gasteiger partial charge in [-0.1, -0.05) is 0 Å².